The monoisotopic (exact) mass is 332 g/mol. The number of nitrogens with zero attached hydrogens (tertiary/aromatic N) is 2. The molecule has 1 aromatic heterocycles. The van der Waals surface area contributed by atoms with E-state index < -0.39 is 12.8 Å². The van der Waals surface area contributed by atoms with E-state index in [9.17, 15) is 18.0 Å². The molecule has 1 aliphatic carbocycles. The fraction of sp³-hybridized carbons (Fsp3) is 0.571. The molecule has 120 valence electrons. The second-order valence-corrected chi connectivity index (χ2v) is 6.37. The lowest BCUT2D eigenvalue weighted by atomic mass is 9.83. The molecule has 0 fully saturated rings. The highest BCUT2D eigenvalue weighted by Gasteiger charge is 2.34. The number of carbonyl (C=O) groups excluding carboxylic acids is 1. The van der Waals surface area contributed by atoms with Gasteiger partial charge in [0.15, 0.2) is 0 Å². The predicted molar refractivity (Wildman–Crippen MR) is 75.9 cm³/mol. The summed E-state index contributed by atoms with van der Waals surface area (Å²) in [5.41, 5.74) is 1.97. The van der Waals surface area contributed by atoms with E-state index in [1.807, 2.05) is 11.4 Å². The summed E-state index contributed by atoms with van der Waals surface area (Å²) in [5, 5.41) is 7.63. The van der Waals surface area contributed by atoms with Gasteiger partial charge in [-0.3, -0.25) is 4.79 Å². The molecule has 1 unspecified atom stereocenters. The van der Waals surface area contributed by atoms with Crippen LogP contribution in [0.2, 0.25) is 0 Å². The van der Waals surface area contributed by atoms with E-state index in [1.165, 1.54) is 9.89 Å². The van der Waals surface area contributed by atoms with Gasteiger partial charge in [0.05, 0.1) is 18.9 Å². The molecular weight excluding hydrogens is 317 g/mol. The molecule has 0 aromatic carbocycles. The van der Waals surface area contributed by atoms with Gasteiger partial charge in [0, 0.05) is 22.8 Å². The maximum Gasteiger partial charge on any atom is 0.411 e. The number of halogens is 3. The lowest BCUT2D eigenvalue weighted by Crippen LogP contribution is -2.40. The van der Waals surface area contributed by atoms with E-state index in [0.29, 0.717) is 6.42 Å². The summed E-state index contributed by atoms with van der Waals surface area (Å²) in [6.07, 6.45) is -2.12. The largest absolute Gasteiger partial charge is 0.411 e. The Bertz CT molecular complexity index is 597. The number of hydrazone groups is 1. The summed E-state index contributed by atoms with van der Waals surface area (Å²) in [6, 6.07) is 2.00. The van der Waals surface area contributed by atoms with Gasteiger partial charge in [-0.1, -0.05) is 0 Å². The van der Waals surface area contributed by atoms with Crippen LogP contribution in [0.4, 0.5) is 13.2 Å². The Balaban J connectivity index is 1.66. The lowest BCUT2D eigenvalue weighted by molar-refractivity contribution is -0.175. The summed E-state index contributed by atoms with van der Waals surface area (Å²) in [4.78, 5) is 13.3. The number of aryl methyl sites for hydroxylation is 1. The third-order valence-electron chi connectivity index (χ3n) is 3.78. The molecule has 0 spiro atoms. The molecule has 0 radical (unpaired) electrons. The Morgan fingerprint density at radius 1 is 1.45 bits per heavy atom. The summed E-state index contributed by atoms with van der Waals surface area (Å²) in [5.74, 6) is -0.0232. The van der Waals surface area contributed by atoms with E-state index >= 15 is 0 Å². The SMILES string of the molecule is O=C1CC2CCc3sccc3C2=NN1CCOCC(F)(F)F. The van der Waals surface area contributed by atoms with E-state index in [4.69, 9.17) is 0 Å². The van der Waals surface area contributed by atoms with Crippen molar-refractivity contribution >= 4 is 23.0 Å². The number of alkyl halides is 3. The first-order valence-electron chi connectivity index (χ1n) is 7.04. The van der Waals surface area contributed by atoms with Gasteiger partial charge in [-0.25, -0.2) is 5.01 Å². The average Bonchev–Trinajstić information content (AvgIpc) is 2.91. The van der Waals surface area contributed by atoms with Crippen LogP contribution >= 0.6 is 11.3 Å². The lowest BCUT2D eigenvalue weighted by Gasteiger charge is -2.32. The topological polar surface area (TPSA) is 41.9 Å². The average molecular weight is 332 g/mol. The molecule has 1 amide bonds. The number of fused-ring (bicyclic) bond motifs is 3. The van der Waals surface area contributed by atoms with Crippen LogP contribution in [0.3, 0.4) is 0 Å². The van der Waals surface area contributed by atoms with E-state index in [0.717, 1.165) is 24.1 Å². The van der Waals surface area contributed by atoms with Crippen molar-refractivity contribution in [2.24, 2.45) is 11.0 Å². The van der Waals surface area contributed by atoms with Gasteiger partial charge in [-0.15, -0.1) is 11.3 Å². The molecule has 1 aromatic rings. The maximum absolute atomic E-state index is 12.0. The van der Waals surface area contributed by atoms with Gasteiger partial charge in [0.25, 0.3) is 0 Å². The molecule has 0 N–H and O–H groups in total. The summed E-state index contributed by atoms with van der Waals surface area (Å²) < 4.78 is 40.6. The van der Waals surface area contributed by atoms with Gasteiger partial charge in [-0.05, 0) is 24.3 Å². The van der Waals surface area contributed by atoms with Crippen LogP contribution in [0.5, 0.6) is 0 Å². The highest BCUT2D eigenvalue weighted by molar-refractivity contribution is 7.10. The van der Waals surface area contributed by atoms with Gasteiger partial charge in [0.1, 0.15) is 6.61 Å². The summed E-state index contributed by atoms with van der Waals surface area (Å²) in [6.45, 7) is -1.43. The molecule has 0 saturated carbocycles. The minimum absolute atomic E-state index is 0.0462. The number of ether oxygens (including phenoxy) is 1. The van der Waals surface area contributed by atoms with Crippen LogP contribution in [0.1, 0.15) is 23.3 Å². The number of carbonyl (C=O) groups is 1. The van der Waals surface area contributed by atoms with Crippen molar-refractivity contribution in [3.63, 3.8) is 0 Å². The normalized spacial score (nSPS) is 21.4. The number of amides is 1. The van der Waals surface area contributed by atoms with Gasteiger partial charge >= 0.3 is 6.18 Å². The third-order valence-corrected chi connectivity index (χ3v) is 4.76. The van der Waals surface area contributed by atoms with Gasteiger partial charge in [0.2, 0.25) is 5.91 Å². The van der Waals surface area contributed by atoms with Crippen LogP contribution in [-0.2, 0) is 16.0 Å². The Labute approximate surface area is 129 Å². The first kappa shape index (κ1) is 15.5. The highest BCUT2D eigenvalue weighted by Crippen LogP contribution is 2.34. The molecule has 2 heterocycles. The standard InChI is InChI=1S/C14H15F3N2O2S/c15-14(16,17)8-21-5-4-19-12(20)7-9-1-2-11-10(3-6-22-11)13(9)18-19/h3,6,9H,1-2,4-5,7-8H2. The van der Waals surface area contributed by atoms with Crippen molar-refractivity contribution in [3.8, 4) is 0 Å². The summed E-state index contributed by atoms with van der Waals surface area (Å²) >= 11 is 1.67. The molecule has 22 heavy (non-hydrogen) atoms. The van der Waals surface area contributed by atoms with Crippen LogP contribution in [0, 0.1) is 5.92 Å². The van der Waals surface area contributed by atoms with Crippen molar-refractivity contribution in [1.82, 2.24) is 5.01 Å². The smallest absolute Gasteiger partial charge is 0.370 e. The summed E-state index contributed by atoms with van der Waals surface area (Å²) in [7, 11) is 0. The first-order valence-corrected chi connectivity index (χ1v) is 7.92. The number of thiophene rings is 1. The zero-order chi connectivity index (χ0) is 15.7. The molecule has 2 aliphatic rings. The van der Waals surface area contributed by atoms with Crippen LogP contribution in [0.25, 0.3) is 0 Å². The zero-order valence-corrected chi connectivity index (χ0v) is 12.5. The zero-order valence-electron chi connectivity index (χ0n) is 11.7. The third kappa shape index (κ3) is 3.33. The van der Waals surface area contributed by atoms with Crippen LogP contribution < -0.4 is 0 Å². The predicted octanol–water partition coefficient (Wildman–Crippen LogP) is 2.83. The molecule has 3 rings (SSSR count). The Morgan fingerprint density at radius 2 is 2.27 bits per heavy atom. The van der Waals surface area contributed by atoms with Crippen molar-refractivity contribution in [2.45, 2.75) is 25.4 Å². The highest BCUT2D eigenvalue weighted by atomic mass is 32.1. The number of hydrogen-bond donors (Lipinski definition) is 0. The van der Waals surface area contributed by atoms with Crippen molar-refractivity contribution in [3.05, 3.63) is 21.9 Å². The fourth-order valence-corrected chi connectivity index (χ4v) is 3.68. The quantitative estimate of drug-likeness (QED) is 0.796. The molecule has 4 nitrogen and oxygen atoms in total. The van der Waals surface area contributed by atoms with Gasteiger partial charge in [-0.2, -0.15) is 18.3 Å². The number of rotatable bonds is 4. The van der Waals surface area contributed by atoms with E-state index in [1.54, 1.807) is 11.3 Å². The minimum Gasteiger partial charge on any atom is -0.370 e. The molecular formula is C14H15F3N2O2S. The fourth-order valence-electron chi connectivity index (χ4n) is 2.77. The molecule has 0 saturated heterocycles. The Hall–Kier alpha value is -1.41. The van der Waals surface area contributed by atoms with Gasteiger partial charge < -0.3 is 4.74 Å². The second-order valence-electron chi connectivity index (χ2n) is 5.37. The Morgan fingerprint density at radius 3 is 3.05 bits per heavy atom. The van der Waals surface area contributed by atoms with Crippen molar-refractivity contribution in [1.29, 1.82) is 0 Å². The van der Waals surface area contributed by atoms with Crippen LogP contribution in [0.15, 0.2) is 16.5 Å². The van der Waals surface area contributed by atoms with Crippen LogP contribution in [-0.4, -0.2) is 42.6 Å². The molecule has 0 bridgehead atoms. The maximum atomic E-state index is 12.0. The molecule has 1 aliphatic heterocycles. The minimum atomic E-state index is -4.35. The molecule has 1 atom stereocenters. The van der Waals surface area contributed by atoms with E-state index in [2.05, 4.69) is 9.84 Å². The second kappa shape index (κ2) is 6.00. The van der Waals surface area contributed by atoms with Crippen molar-refractivity contribution < 1.29 is 22.7 Å². The number of hydrogen-bond acceptors (Lipinski definition) is 4. The Kier molecular flexibility index (Phi) is 4.22. The molecule has 8 heteroatoms. The van der Waals surface area contributed by atoms with E-state index in [-0.39, 0.29) is 25.0 Å². The first-order chi connectivity index (χ1) is 10.4. The van der Waals surface area contributed by atoms with Crippen molar-refractivity contribution in [2.75, 3.05) is 19.8 Å².